The predicted molar refractivity (Wildman–Crippen MR) is 132 cm³/mol. The number of hydrogen-bond acceptors (Lipinski definition) is 8. The van der Waals surface area contributed by atoms with Crippen molar-refractivity contribution in [2.75, 3.05) is 13.2 Å². The number of carbonyl (C=O) groups excluding carboxylic acids is 1. The van der Waals surface area contributed by atoms with Crippen LogP contribution in [0.3, 0.4) is 0 Å². The van der Waals surface area contributed by atoms with E-state index in [0.29, 0.717) is 18.5 Å². The molecule has 8 atom stereocenters. The Hall–Kier alpha value is -2.99. The van der Waals surface area contributed by atoms with Crippen molar-refractivity contribution in [1.82, 2.24) is 9.88 Å². The van der Waals surface area contributed by atoms with Crippen molar-refractivity contribution < 1.29 is 39.8 Å². The first kappa shape index (κ1) is 24.4. The average Bonchev–Trinajstić information content (AvgIpc) is 3.28. The molecule has 37 heavy (non-hydrogen) atoms. The first-order chi connectivity index (χ1) is 17.8. The number of hydrogen-bond donors (Lipinski definition) is 6. The van der Waals surface area contributed by atoms with Crippen LogP contribution >= 0.6 is 0 Å². The molecule has 8 unspecified atom stereocenters. The van der Waals surface area contributed by atoms with Gasteiger partial charge >= 0.3 is 0 Å². The molecule has 1 saturated heterocycles. The zero-order valence-electron chi connectivity index (χ0n) is 20.0. The van der Waals surface area contributed by atoms with E-state index in [1.807, 2.05) is 24.3 Å². The number of nitrogens with one attached hydrogen (secondary N) is 1. The zero-order chi connectivity index (χ0) is 26.0. The molecular formula is C27H30N2O8. The lowest BCUT2D eigenvalue weighted by atomic mass is 9.72. The third-order valence-electron chi connectivity index (χ3n) is 8.07. The van der Waals surface area contributed by atoms with E-state index in [1.54, 1.807) is 11.0 Å². The van der Waals surface area contributed by atoms with Crippen LogP contribution in [0.4, 0.5) is 0 Å². The lowest BCUT2D eigenvalue weighted by molar-refractivity contribution is -0.315. The minimum Gasteiger partial charge on any atom is -0.512 e. The SMILES string of the molecule is C=CC1C(OC2OC(CO)C(O)C(O)C2O)CC(O)=C2C(=O)N3CCc4c([nH]c5ccccc45)C3=CC21. The molecule has 0 bridgehead atoms. The van der Waals surface area contributed by atoms with E-state index < -0.39 is 55.3 Å². The average molecular weight is 511 g/mol. The molecule has 0 saturated carbocycles. The van der Waals surface area contributed by atoms with Crippen LogP contribution in [0.5, 0.6) is 0 Å². The number of H-pyrrole nitrogens is 1. The van der Waals surface area contributed by atoms with Crippen molar-refractivity contribution >= 4 is 22.5 Å². The molecule has 1 aliphatic carbocycles. The number of amides is 1. The Bertz CT molecular complexity index is 1310. The molecule has 6 N–H and O–H groups in total. The van der Waals surface area contributed by atoms with Gasteiger partial charge in [0.15, 0.2) is 6.29 Å². The number of nitrogens with zero attached hydrogens (tertiary/aromatic N) is 1. The molecule has 10 heteroatoms. The maximum Gasteiger partial charge on any atom is 0.258 e. The van der Waals surface area contributed by atoms with Crippen LogP contribution in [-0.4, -0.2) is 91.3 Å². The highest BCUT2D eigenvalue weighted by molar-refractivity contribution is 6.04. The van der Waals surface area contributed by atoms with Gasteiger partial charge in [0.2, 0.25) is 0 Å². The first-order valence-corrected chi connectivity index (χ1v) is 12.5. The second-order valence-electron chi connectivity index (χ2n) is 10.1. The monoisotopic (exact) mass is 510 g/mol. The fourth-order valence-electron chi connectivity index (χ4n) is 6.16. The lowest BCUT2D eigenvalue weighted by Gasteiger charge is -2.45. The summed E-state index contributed by atoms with van der Waals surface area (Å²) in [5, 5.41) is 52.3. The highest BCUT2D eigenvalue weighted by atomic mass is 16.7. The van der Waals surface area contributed by atoms with E-state index in [1.165, 1.54) is 0 Å². The summed E-state index contributed by atoms with van der Waals surface area (Å²) in [6.07, 6.45) is -3.65. The molecule has 0 radical (unpaired) electrons. The van der Waals surface area contributed by atoms with Gasteiger partial charge < -0.3 is 44.9 Å². The Morgan fingerprint density at radius 1 is 1.19 bits per heavy atom. The van der Waals surface area contributed by atoms with Gasteiger partial charge in [-0.05, 0) is 24.1 Å². The second-order valence-corrected chi connectivity index (χ2v) is 10.1. The number of carbonyl (C=O) groups is 1. The summed E-state index contributed by atoms with van der Waals surface area (Å²) in [5.74, 6) is -1.38. The van der Waals surface area contributed by atoms with Crippen molar-refractivity contribution in [2.45, 2.75) is 49.7 Å². The number of aliphatic hydroxyl groups excluding tert-OH is 5. The Kier molecular flexibility index (Phi) is 5.98. The highest BCUT2D eigenvalue weighted by Gasteiger charge is 2.49. The standard InChI is InChI=1S/C27H30N2O8/c1-2-12-15-9-17-22-14(13-5-3-4-6-16(13)28-22)7-8-29(17)26(35)21(15)18(31)10-19(12)36-27-25(34)24(33)23(32)20(11-30)37-27/h2-6,9,12,15,19-20,23-25,27-28,30-34H,1,7-8,10-11H2. The number of fused-ring (bicyclic) bond motifs is 6. The molecule has 0 spiro atoms. The topological polar surface area (TPSA) is 156 Å². The number of aromatic amines is 1. The van der Waals surface area contributed by atoms with Gasteiger partial charge in [0.25, 0.3) is 5.91 Å². The molecule has 4 aliphatic rings. The summed E-state index contributed by atoms with van der Waals surface area (Å²) >= 11 is 0. The summed E-state index contributed by atoms with van der Waals surface area (Å²) < 4.78 is 11.5. The Balaban J connectivity index is 1.36. The number of allylic oxidation sites excluding steroid dienone is 1. The van der Waals surface area contributed by atoms with Crippen LogP contribution in [0.25, 0.3) is 16.6 Å². The van der Waals surface area contributed by atoms with Gasteiger partial charge in [-0.1, -0.05) is 24.3 Å². The largest absolute Gasteiger partial charge is 0.512 e. The van der Waals surface area contributed by atoms with Crippen LogP contribution in [-0.2, 0) is 20.7 Å². The summed E-state index contributed by atoms with van der Waals surface area (Å²) in [6.45, 7) is 3.86. The lowest BCUT2D eigenvalue weighted by Crippen LogP contribution is -2.60. The number of para-hydroxylation sites is 1. The molecule has 1 aromatic heterocycles. The molecule has 1 amide bonds. The predicted octanol–water partition coefficient (Wildman–Crippen LogP) is 0.726. The molecule has 3 aliphatic heterocycles. The third kappa shape index (κ3) is 3.67. The molecule has 1 aromatic carbocycles. The van der Waals surface area contributed by atoms with Gasteiger partial charge in [0.1, 0.15) is 30.2 Å². The van der Waals surface area contributed by atoms with Crippen molar-refractivity contribution in [3.05, 3.63) is 65.6 Å². The summed E-state index contributed by atoms with van der Waals surface area (Å²) in [6, 6.07) is 7.99. The number of aliphatic hydroxyl groups is 5. The molecule has 4 heterocycles. The number of aromatic nitrogens is 1. The Morgan fingerprint density at radius 2 is 1.97 bits per heavy atom. The summed E-state index contributed by atoms with van der Waals surface area (Å²) in [4.78, 5) is 18.8. The van der Waals surface area contributed by atoms with Crippen LogP contribution in [0.15, 0.2) is 54.3 Å². The zero-order valence-corrected chi connectivity index (χ0v) is 20.0. The third-order valence-corrected chi connectivity index (χ3v) is 8.07. The smallest absolute Gasteiger partial charge is 0.258 e. The van der Waals surface area contributed by atoms with Crippen molar-refractivity contribution in [1.29, 1.82) is 0 Å². The maximum absolute atomic E-state index is 13.6. The summed E-state index contributed by atoms with van der Waals surface area (Å²) in [7, 11) is 0. The molecule has 10 nitrogen and oxygen atoms in total. The minimum absolute atomic E-state index is 0.0298. The van der Waals surface area contributed by atoms with E-state index in [9.17, 15) is 30.3 Å². The van der Waals surface area contributed by atoms with Crippen molar-refractivity contribution in [3.63, 3.8) is 0 Å². The van der Waals surface area contributed by atoms with Crippen molar-refractivity contribution in [2.24, 2.45) is 11.8 Å². The minimum atomic E-state index is -1.59. The van der Waals surface area contributed by atoms with E-state index in [4.69, 9.17) is 9.47 Å². The van der Waals surface area contributed by atoms with Gasteiger partial charge in [0, 0.05) is 35.7 Å². The van der Waals surface area contributed by atoms with Gasteiger partial charge in [-0.2, -0.15) is 0 Å². The van der Waals surface area contributed by atoms with Crippen LogP contribution in [0, 0.1) is 11.8 Å². The van der Waals surface area contributed by atoms with E-state index in [-0.39, 0.29) is 18.1 Å². The quantitative estimate of drug-likeness (QED) is 0.329. The Labute approximate surface area is 212 Å². The van der Waals surface area contributed by atoms with E-state index >= 15 is 0 Å². The van der Waals surface area contributed by atoms with E-state index in [2.05, 4.69) is 17.6 Å². The maximum atomic E-state index is 13.6. The van der Waals surface area contributed by atoms with Gasteiger partial charge in [-0.3, -0.25) is 4.79 Å². The van der Waals surface area contributed by atoms with Gasteiger partial charge in [-0.15, -0.1) is 6.58 Å². The molecule has 196 valence electrons. The number of rotatable bonds is 4. The van der Waals surface area contributed by atoms with E-state index in [0.717, 1.165) is 27.9 Å². The second kappa shape index (κ2) is 9.09. The van der Waals surface area contributed by atoms with Gasteiger partial charge in [0.05, 0.1) is 29.7 Å². The number of benzene rings is 1. The van der Waals surface area contributed by atoms with Crippen LogP contribution in [0.1, 0.15) is 17.7 Å². The molecule has 1 fully saturated rings. The van der Waals surface area contributed by atoms with Crippen LogP contribution < -0.4 is 0 Å². The normalized spacial score (nSPS) is 35.6. The molecule has 6 rings (SSSR count). The highest BCUT2D eigenvalue weighted by Crippen LogP contribution is 2.46. The number of ether oxygens (including phenoxy) is 2. The summed E-state index contributed by atoms with van der Waals surface area (Å²) in [5.41, 5.74) is 4.03. The molecule has 2 aromatic rings. The molecular weight excluding hydrogens is 480 g/mol. The first-order valence-electron chi connectivity index (χ1n) is 12.5. The van der Waals surface area contributed by atoms with Crippen molar-refractivity contribution in [3.8, 4) is 0 Å². The fourth-order valence-corrected chi connectivity index (χ4v) is 6.16. The van der Waals surface area contributed by atoms with Crippen LogP contribution in [0.2, 0.25) is 0 Å². The fraction of sp³-hybridized carbons (Fsp3) is 0.444. The Morgan fingerprint density at radius 3 is 2.73 bits per heavy atom. The van der Waals surface area contributed by atoms with Gasteiger partial charge in [-0.25, -0.2) is 0 Å².